The van der Waals surface area contributed by atoms with Crippen LogP contribution in [-0.4, -0.2) is 35.2 Å². The lowest BCUT2D eigenvalue weighted by molar-refractivity contribution is 0.00643. The first kappa shape index (κ1) is 14.3. The summed E-state index contributed by atoms with van der Waals surface area (Å²) in [7, 11) is 0. The lowest BCUT2D eigenvalue weighted by Crippen LogP contribution is -2.53. The molecule has 100 valence electrons. The van der Waals surface area contributed by atoms with Crippen molar-refractivity contribution in [3.05, 3.63) is 0 Å². The summed E-state index contributed by atoms with van der Waals surface area (Å²) in [5, 5.41) is 0. The third kappa shape index (κ3) is 4.19. The molecule has 4 heteroatoms. The van der Waals surface area contributed by atoms with Gasteiger partial charge in [-0.1, -0.05) is 6.92 Å². The molecule has 1 heterocycles. The third-order valence-corrected chi connectivity index (χ3v) is 3.14. The van der Waals surface area contributed by atoms with Crippen molar-refractivity contribution >= 4 is 6.09 Å². The van der Waals surface area contributed by atoms with Crippen LogP contribution in [0.15, 0.2) is 0 Å². The largest absolute Gasteiger partial charge is 0.444 e. The van der Waals surface area contributed by atoms with Crippen molar-refractivity contribution in [1.82, 2.24) is 4.90 Å². The van der Waals surface area contributed by atoms with E-state index in [1.165, 1.54) is 0 Å². The molecule has 0 aromatic carbocycles. The Bertz CT molecular complexity index is 261. The second kappa shape index (κ2) is 5.71. The Labute approximate surface area is 104 Å². The molecule has 0 aromatic heterocycles. The third-order valence-electron chi connectivity index (χ3n) is 3.14. The molecular formula is C13H26N2O2. The van der Waals surface area contributed by atoms with E-state index >= 15 is 0 Å². The van der Waals surface area contributed by atoms with Crippen LogP contribution >= 0.6 is 0 Å². The monoisotopic (exact) mass is 242 g/mol. The predicted octanol–water partition coefficient (Wildman–Crippen LogP) is 2.51. The van der Waals surface area contributed by atoms with Gasteiger partial charge in [-0.15, -0.1) is 0 Å². The van der Waals surface area contributed by atoms with Crippen molar-refractivity contribution in [3.8, 4) is 0 Å². The van der Waals surface area contributed by atoms with Gasteiger partial charge in [-0.2, -0.15) is 0 Å². The smallest absolute Gasteiger partial charge is 0.410 e. The van der Waals surface area contributed by atoms with Gasteiger partial charge in [0.15, 0.2) is 0 Å². The SMILES string of the molecule is CCC(N)C1CCCCN1C(=O)OC(C)(C)C. The van der Waals surface area contributed by atoms with E-state index in [1.807, 2.05) is 25.7 Å². The van der Waals surface area contributed by atoms with E-state index in [2.05, 4.69) is 6.92 Å². The lowest BCUT2D eigenvalue weighted by Gasteiger charge is -2.39. The molecule has 1 fully saturated rings. The average molecular weight is 242 g/mol. The van der Waals surface area contributed by atoms with Gasteiger partial charge in [0.2, 0.25) is 0 Å². The van der Waals surface area contributed by atoms with Gasteiger partial charge in [0.05, 0.1) is 6.04 Å². The van der Waals surface area contributed by atoms with Crippen LogP contribution in [0.25, 0.3) is 0 Å². The molecule has 1 aliphatic rings. The standard InChI is InChI=1S/C13H26N2O2/c1-5-10(14)11-8-6-7-9-15(11)12(16)17-13(2,3)4/h10-11H,5-9,14H2,1-4H3. The minimum Gasteiger partial charge on any atom is -0.444 e. The maximum absolute atomic E-state index is 12.1. The highest BCUT2D eigenvalue weighted by atomic mass is 16.6. The fraction of sp³-hybridized carbons (Fsp3) is 0.923. The topological polar surface area (TPSA) is 55.6 Å². The minimum absolute atomic E-state index is 0.0582. The average Bonchev–Trinajstić information content (AvgIpc) is 2.25. The van der Waals surface area contributed by atoms with Crippen LogP contribution in [0.4, 0.5) is 4.79 Å². The first-order valence-electron chi connectivity index (χ1n) is 6.60. The Morgan fingerprint density at radius 2 is 2.12 bits per heavy atom. The van der Waals surface area contributed by atoms with Crippen molar-refractivity contribution < 1.29 is 9.53 Å². The van der Waals surface area contributed by atoms with Crippen LogP contribution in [-0.2, 0) is 4.74 Å². The van der Waals surface area contributed by atoms with Crippen molar-refractivity contribution in [2.45, 2.75) is 71.1 Å². The van der Waals surface area contributed by atoms with Crippen LogP contribution in [0.2, 0.25) is 0 Å². The molecular weight excluding hydrogens is 216 g/mol. The summed E-state index contributed by atoms with van der Waals surface area (Å²) in [5.41, 5.74) is 5.66. The van der Waals surface area contributed by atoms with Crippen molar-refractivity contribution in [2.24, 2.45) is 5.73 Å². The van der Waals surface area contributed by atoms with Gasteiger partial charge in [-0.25, -0.2) is 4.79 Å². The number of likely N-dealkylation sites (tertiary alicyclic amines) is 1. The van der Waals surface area contributed by atoms with E-state index < -0.39 is 5.60 Å². The van der Waals surface area contributed by atoms with Crippen molar-refractivity contribution in [2.75, 3.05) is 6.54 Å². The summed E-state index contributed by atoms with van der Waals surface area (Å²) in [6.07, 6.45) is 3.87. The highest BCUT2D eigenvalue weighted by Gasteiger charge is 2.33. The van der Waals surface area contributed by atoms with E-state index in [-0.39, 0.29) is 18.2 Å². The molecule has 0 aromatic rings. The molecule has 2 N–H and O–H groups in total. The van der Waals surface area contributed by atoms with Gasteiger partial charge >= 0.3 is 6.09 Å². The van der Waals surface area contributed by atoms with E-state index in [1.54, 1.807) is 0 Å². The van der Waals surface area contributed by atoms with Crippen molar-refractivity contribution in [3.63, 3.8) is 0 Å². The van der Waals surface area contributed by atoms with E-state index in [0.29, 0.717) is 0 Å². The quantitative estimate of drug-likeness (QED) is 0.809. The normalized spacial score (nSPS) is 23.4. The van der Waals surface area contributed by atoms with Gasteiger partial charge in [0.25, 0.3) is 0 Å². The molecule has 17 heavy (non-hydrogen) atoms. The summed E-state index contributed by atoms with van der Waals surface area (Å²) in [6.45, 7) is 8.51. The summed E-state index contributed by atoms with van der Waals surface area (Å²) in [4.78, 5) is 13.9. The van der Waals surface area contributed by atoms with E-state index in [9.17, 15) is 4.79 Å². The minimum atomic E-state index is -0.435. The van der Waals surface area contributed by atoms with Gasteiger partial charge in [0.1, 0.15) is 5.60 Å². The maximum Gasteiger partial charge on any atom is 0.410 e. The Balaban J connectivity index is 2.67. The molecule has 1 amide bonds. The lowest BCUT2D eigenvalue weighted by atomic mass is 9.95. The molecule has 0 radical (unpaired) electrons. The summed E-state index contributed by atoms with van der Waals surface area (Å²) in [5.74, 6) is 0. The fourth-order valence-corrected chi connectivity index (χ4v) is 2.22. The number of amides is 1. The fourth-order valence-electron chi connectivity index (χ4n) is 2.22. The van der Waals surface area contributed by atoms with Crippen molar-refractivity contribution in [1.29, 1.82) is 0 Å². The zero-order chi connectivity index (χ0) is 13.1. The number of rotatable bonds is 2. The molecule has 1 aliphatic heterocycles. The zero-order valence-electron chi connectivity index (χ0n) is 11.5. The van der Waals surface area contributed by atoms with Gasteiger partial charge in [0, 0.05) is 12.6 Å². The summed E-state index contributed by atoms with van der Waals surface area (Å²) in [6, 6.07) is 0.200. The van der Waals surface area contributed by atoms with E-state index in [0.717, 1.165) is 32.2 Å². The molecule has 1 rings (SSSR count). The first-order valence-corrected chi connectivity index (χ1v) is 6.60. The number of ether oxygens (including phenoxy) is 1. The zero-order valence-corrected chi connectivity index (χ0v) is 11.5. The van der Waals surface area contributed by atoms with Gasteiger partial charge in [-0.05, 0) is 46.5 Å². The molecule has 0 bridgehead atoms. The van der Waals surface area contributed by atoms with Gasteiger partial charge in [-0.3, -0.25) is 0 Å². The van der Waals surface area contributed by atoms with Crippen LogP contribution < -0.4 is 5.73 Å². The first-order chi connectivity index (χ1) is 7.85. The second-order valence-electron chi connectivity index (χ2n) is 5.81. The number of carbonyl (C=O) groups excluding carboxylic acids is 1. The molecule has 1 saturated heterocycles. The molecule has 2 unspecified atom stereocenters. The van der Waals surface area contributed by atoms with Gasteiger partial charge < -0.3 is 15.4 Å². The van der Waals surface area contributed by atoms with E-state index in [4.69, 9.17) is 10.5 Å². The number of nitrogens with two attached hydrogens (primary N) is 1. The Morgan fingerprint density at radius 1 is 1.47 bits per heavy atom. The predicted molar refractivity (Wildman–Crippen MR) is 68.8 cm³/mol. The number of hydrogen-bond acceptors (Lipinski definition) is 3. The maximum atomic E-state index is 12.1. The second-order valence-corrected chi connectivity index (χ2v) is 5.81. The number of hydrogen-bond donors (Lipinski definition) is 1. The Kier molecular flexibility index (Phi) is 4.80. The highest BCUT2D eigenvalue weighted by molar-refractivity contribution is 5.68. The highest BCUT2D eigenvalue weighted by Crippen LogP contribution is 2.22. The number of carbonyl (C=O) groups is 1. The molecule has 0 saturated carbocycles. The van der Waals surface area contributed by atoms with Crippen LogP contribution in [0.5, 0.6) is 0 Å². The van der Waals surface area contributed by atoms with Crippen LogP contribution in [0, 0.1) is 0 Å². The molecule has 0 spiro atoms. The molecule has 4 nitrogen and oxygen atoms in total. The van der Waals surface area contributed by atoms with Crippen LogP contribution in [0.1, 0.15) is 53.4 Å². The molecule has 2 atom stereocenters. The summed E-state index contributed by atoms with van der Waals surface area (Å²) >= 11 is 0. The Morgan fingerprint density at radius 3 is 2.65 bits per heavy atom. The Hall–Kier alpha value is -0.770. The van der Waals surface area contributed by atoms with Crippen LogP contribution in [0.3, 0.4) is 0 Å². The number of piperidine rings is 1. The summed E-state index contributed by atoms with van der Waals surface area (Å²) < 4.78 is 5.43. The number of nitrogens with zero attached hydrogens (tertiary/aromatic N) is 1. The molecule has 0 aliphatic carbocycles.